The fourth-order valence-corrected chi connectivity index (χ4v) is 1.98. The van der Waals surface area contributed by atoms with E-state index in [2.05, 4.69) is 4.98 Å². The van der Waals surface area contributed by atoms with E-state index >= 15 is 0 Å². The molecule has 0 bridgehead atoms. The van der Waals surface area contributed by atoms with Gasteiger partial charge in [0.15, 0.2) is 0 Å². The summed E-state index contributed by atoms with van der Waals surface area (Å²) >= 11 is 0. The minimum Gasteiger partial charge on any atom is -0.481 e. The van der Waals surface area contributed by atoms with Crippen molar-refractivity contribution < 1.29 is 19.4 Å². The van der Waals surface area contributed by atoms with Crippen LogP contribution in [0.3, 0.4) is 0 Å². The number of hydrogen-bond donors (Lipinski definition) is 2. The van der Waals surface area contributed by atoms with Crippen molar-refractivity contribution in [1.29, 1.82) is 0 Å². The largest absolute Gasteiger partial charge is 0.481 e. The Hall–Kier alpha value is -1.78. The third-order valence-corrected chi connectivity index (χ3v) is 2.89. The first kappa shape index (κ1) is 14.3. The van der Waals surface area contributed by atoms with Gasteiger partial charge in [-0.3, -0.25) is 4.79 Å². The zero-order valence-corrected chi connectivity index (χ0v) is 11.0. The van der Waals surface area contributed by atoms with Gasteiger partial charge in [0.05, 0.1) is 6.61 Å². The summed E-state index contributed by atoms with van der Waals surface area (Å²) in [5, 5.41) is 8.73. The molecule has 5 nitrogen and oxygen atoms in total. The summed E-state index contributed by atoms with van der Waals surface area (Å²) in [6.07, 6.45) is 1.23. The Morgan fingerprint density at radius 1 is 1.33 bits per heavy atom. The van der Waals surface area contributed by atoms with Crippen LogP contribution in [0.25, 0.3) is 0 Å². The van der Waals surface area contributed by atoms with Crippen molar-refractivity contribution in [3.63, 3.8) is 0 Å². The van der Waals surface area contributed by atoms with Gasteiger partial charge in [0, 0.05) is 12.1 Å². The molecule has 1 aromatic heterocycles. The van der Waals surface area contributed by atoms with Crippen molar-refractivity contribution in [2.45, 2.75) is 40.0 Å². The van der Waals surface area contributed by atoms with Gasteiger partial charge in [-0.1, -0.05) is 6.92 Å². The SMILES string of the molecule is CCOC(=O)c1[nH]c(CC)c(CCC(=O)O)c1C. The zero-order valence-electron chi connectivity index (χ0n) is 11.0. The molecular weight excluding hydrogens is 234 g/mol. The molecule has 5 heteroatoms. The Morgan fingerprint density at radius 2 is 2.00 bits per heavy atom. The number of esters is 1. The summed E-state index contributed by atoms with van der Waals surface area (Å²) < 4.78 is 4.96. The van der Waals surface area contributed by atoms with Crippen LogP contribution in [0.2, 0.25) is 0 Å². The molecule has 1 rings (SSSR count). The second-order valence-electron chi connectivity index (χ2n) is 4.05. The first-order chi connectivity index (χ1) is 8.51. The van der Waals surface area contributed by atoms with Crippen LogP contribution in [0, 0.1) is 6.92 Å². The first-order valence-corrected chi connectivity index (χ1v) is 6.10. The van der Waals surface area contributed by atoms with Crippen molar-refractivity contribution >= 4 is 11.9 Å². The average Bonchev–Trinajstić information content (AvgIpc) is 2.63. The Labute approximate surface area is 106 Å². The van der Waals surface area contributed by atoms with Gasteiger partial charge in [0.2, 0.25) is 0 Å². The summed E-state index contributed by atoms with van der Waals surface area (Å²) in [4.78, 5) is 25.4. The van der Waals surface area contributed by atoms with Gasteiger partial charge in [-0.25, -0.2) is 4.79 Å². The smallest absolute Gasteiger partial charge is 0.355 e. The summed E-state index contributed by atoms with van der Waals surface area (Å²) in [6.45, 7) is 5.86. The maximum atomic E-state index is 11.7. The number of aromatic nitrogens is 1. The van der Waals surface area contributed by atoms with Crippen LogP contribution in [-0.2, 0) is 22.4 Å². The Balaban J connectivity index is 3.02. The van der Waals surface area contributed by atoms with Crippen LogP contribution in [-0.4, -0.2) is 28.6 Å². The van der Waals surface area contributed by atoms with E-state index in [1.54, 1.807) is 6.92 Å². The van der Waals surface area contributed by atoms with E-state index in [1.807, 2.05) is 13.8 Å². The number of carboxylic acids is 1. The maximum absolute atomic E-state index is 11.7. The average molecular weight is 253 g/mol. The van der Waals surface area contributed by atoms with Gasteiger partial charge in [0.25, 0.3) is 0 Å². The van der Waals surface area contributed by atoms with Crippen molar-refractivity contribution in [2.24, 2.45) is 0 Å². The number of carbonyl (C=O) groups excluding carboxylic acids is 1. The number of carboxylic acid groups (broad SMARTS) is 1. The fraction of sp³-hybridized carbons (Fsp3) is 0.538. The molecule has 0 saturated carbocycles. The van der Waals surface area contributed by atoms with E-state index in [0.717, 1.165) is 23.2 Å². The molecule has 0 amide bonds. The molecule has 0 aliphatic rings. The molecule has 0 saturated heterocycles. The molecule has 0 fully saturated rings. The molecule has 0 atom stereocenters. The van der Waals surface area contributed by atoms with Crippen molar-refractivity contribution in [1.82, 2.24) is 4.98 Å². The van der Waals surface area contributed by atoms with Crippen LogP contribution < -0.4 is 0 Å². The molecule has 0 aliphatic carbocycles. The lowest BCUT2D eigenvalue weighted by molar-refractivity contribution is -0.136. The highest BCUT2D eigenvalue weighted by Gasteiger charge is 2.19. The molecule has 1 heterocycles. The predicted octanol–water partition coefficient (Wildman–Crippen LogP) is 2.08. The third-order valence-electron chi connectivity index (χ3n) is 2.89. The normalized spacial score (nSPS) is 10.4. The quantitative estimate of drug-likeness (QED) is 0.761. The van der Waals surface area contributed by atoms with E-state index in [1.165, 1.54) is 0 Å². The standard InChI is InChI=1S/C13H19NO4/c1-4-10-9(6-7-11(15)16)8(3)12(14-10)13(17)18-5-2/h14H,4-7H2,1-3H3,(H,15,16). The number of carbonyl (C=O) groups is 2. The van der Waals surface area contributed by atoms with Crippen LogP contribution in [0.5, 0.6) is 0 Å². The highest BCUT2D eigenvalue weighted by molar-refractivity contribution is 5.89. The first-order valence-electron chi connectivity index (χ1n) is 6.10. The molecule has 100 valence electrons. The second-order valence-corrected chi connectivity index (χ2v) is 4.05. The number of nitrogens with one attached hydrogen (secondary N) is 1. The van der Waals surface area contributed by atoms with Crippen molar-refractivity contribution in [3.8, 4) is 0 Å². The minimum atomic E-state index is -0.838. The minimum absolute atomic E-state index is 0.0635. The van der Waals surface area contributed by atoms with Gasteiger partial charge >= 0.3 is 11.9 Å². The molecule has 0 unspecified atom stereocenters. The summed E-state index contributed by atoms with van der Waals surface area (Å²) in [6, 6.07) is 0. The number of ether oxygens (including phenoxy) is 1. The van der Waals surface area contributed by atoms with Gasteiger partial charge in [-0.05, 0) is 37.8 Å². The Morgan fingerprint density at radius 3 is 2.50 bits per heavy atom. The molecular formula is C13H19NO4. The van der Waals surface area contributed by atoms with Crippen LogP contribution in [0.1, 0.15) is 47.6 Å². The summed E-state index contributed by atoms with van der Waals surface area (Å²) in [7, 11) is 0. The number of aryl methyl sites for hydroxylation is 1. The fourth-order valence-electron chi connectivity index (χ4n) is 1.98. The zero-order chi connectivity index (χ0) is 13.7. The molecule has 0 radical (unpaired) electrons. The van der Waals surface area contributed by atoms with Crippen molar-refractivity contribution in [3.05, 3.63) is 22.5 Å². The van der Waals surface area contributed by atoms with E-state index in [9.17, 15) is 9.59 Å². The van der Waals surface area contributed by atoms with Gasteiger partial charge in [0.1, 0.15) is 5.69 Å². The molecule has 2 N–H and O–H groups in total. The van der Waals surface area contributed by atoms with E-state index < -0.39 is 5.97 Å². The summed E-state index contributed by atoms with van der Waals surface area (Å²) in [5.74, 6) is -1.22. The van der Waals surface area contributed by atoms with E-state index in [0.29, 0.717) is 18.7 Å². The number of H-pyrrole nitrogens is 1. The third kappa shape index (κ3) is 3.12. The Kier molecular flexibility index (Phi) is 4.95. The van der Waals surface area contributed by atoms with Crippen LogP contribution >= 0.6 is 0 Å². The number of aliphatic carboxylic acids is 1. The van der Waals surface area contributed by atoms with E-state index in [4.69, 9.17) is 9.84 Å². The molecule has 1 aromatic rings. The maximum Gasteiger partial charge on any atom is 0.355 e. The van der Waals surface area contributed by atoms with Crippen LogP contribution in [0.4, 0.5) is 0 Å². The van der Waals surface area contributed by atoms with Crippen LogP contribution in [0.15, 0.2) is 0 Å². The molecule has 0 aliphatic heterocycles. The predicted molar refractivity (Wildman–Crippen MR) is 66.8 cm³/mol. The molecule has 0 aromatic carbocycles. The second kappa shape index (κ2) is 6.23. The number of aromatic amines is 1. The lowest BCUT2D eigenvalue weighted by Gasteiger charge is -2.02. The monoisotopic (exact) mass is 253 g/mol. The van der Waals surface area contributed by atoms with Crippen molar-refractivity contribution in [2.75, 3.05) is 6.61 Å². The summed E-state index contributed by atoms with van der Waals surface area (Å²) in [5.41, 5.74) is 3.07. The van der Waals surface area contributed by atoms with Gasteiger partial charge in [-0.15, -0.1) is 0 Å². The van der Waals surface area contributed by atoms with Gasteiger partial charge in [-0.2, -0.15) is 0 Å². The molecule has 18 heavy (non-hydrogen) atoms. The highest BCUT2D eigenvalue weighted by Crippen LogP contribution is 2.21. The van der Waals surface area contributed by atoms with E-state index in [-0.39, 0.29) is 12.4 Å². The number of hydrogen-bond acceptors (Lipinski definition) is 3. The van der Waals surface area contributed by atoms with Gasteiger partial charge < -0.3 is 14.8 Å². The topological polar surface area (TPSA) is 79.4 Å². The highest BCUT2D eigenvalue weighted by atomic mass is 16.5. The molecule has 0 spiro atoms. The lowest BCUT2D eigenvalue weighted by Crippen LogP contribution is -2.07. The number of rotatable bonds is 6. The Bertz CT molecular complexity index is 448. The lowest BCUT2D eigenvalue weighted by atomic mass is 10.0.